The zero-order valence-corrected chi connectivity index (χ0v) is 15.2. The van der Waals surface area contributed by atoms with Gasteiger partial charge in [-0.2, -0.15) is 5.10 Å². The fourth-order valence-electron chi connectivity index (χ4n) is 3.48. The number of hydrogen-bond donors (Lipinski definition) is 1. The quantitative estimate of drug-likeness (QED) is 0.864. The van der Waals surface area contributed by atoms with Crippen molar-refractivity contribution in [2.24, 2.45) is 5.92 Å². The lowest BCUT2D eigenvalue weighted by Gasteiger charge is -2.39. The first-order valence-corrected chi connectivity index (χ1v) is 9.29. The minimum atomic E-state index is -0.0867. The van der Waals surface area contributed by atoms with Gasteiger partial charge in [-0.3, -0.25) is 9.69 Å². The van der Waals surface area contributed by atoms with Gasteiger partial charge in [0.15, 0.2) is 0 Å². The van der Waals surface area contributed by atoms with Gasteiger partial charge in [-0.05, 0) is 37.8 Å². The van der Waals surface area contributed by atoms with Crippen molar-refractivity contribution in [1.82, 2.24) is 20.0 Å². The van der Waals surface area contributed by atoms with Crippen molar-refractivity contribution < 1.29 is 9.53 Å². The van der Waals surface area contributed by atoms with Gasteiger partial charge in [-0.15, -0.1) is 5.10 Å². The average molecular weight is 347 g/mol. The van der Waals surface area contributed by atoms with Crippen LogP contribution in [0.4, 0.5) is 5.82 Å². The number of piperidine rings is 1. The Morgan fingerprint density at radius 2 is 2.20 bits per heavy atom. The third kappa shape index (κ3) is 4.89. The van der Waals surface area contributed by atoms with Gasteiger partial charge in [0.25, 0.3) is 0 Å². The van der Waals surface area contributed by atoms with Crippen LogP contribution in [0.3, 0.4) is 0 Å². The Kier molecular flexibility index (Phi) is 6.20. The molecule has 2 aliphatic rings. The molecule has 0 bridgehead atoms. The van der Waals surface area contributed by atoms with E-state index in [2.05, 4.69) is 27.3 Å². The number of carbonyl (C=O) groups excluding carboxylic acids is 1. The van der Waals surface area contributed by atoms with E-state index in [0.717, 1.165) is 50.8 Å². The highest BCUT2D eigenvalue weighted by Gasteiger charge is 2.31. The molecule has 0 aromatic carbocycles. The molecule has 0 aliphatic carbocycles. The van der Waals surface area contributed by atoms with Crippen molar-refractivity contribution in [3.05, 3.63) is 18.3 Å². The summed E-state index contributed by atoms with van der Waals surface area (Å²) in [7, 11) is 0. The number of nitrogens with zero attached hydrogens (tertiary/aromatic N) is 4. The zero-order chi connectivity index (χ0) is 17.6. The van der Waals surface area contributed by atoms with Gasteiger partial charge in [-0.1, -0.05) is 6.92 Å². The molecule has 0 saturated carbocycles. The number of nitrogens with one attached hydrogen (secondary N) is 1. The summed E-state index contributed by atoms with van der Waals surface area (Å²) < 4.78 is 5.84. The largest absolute Gasteiger partial charge is 0.374 e. The maximum Gasteiger partial charge on any atom is 0.239 e. The third-order valence-electron chi connectivity index (χ3n) is 5.25. The highest BCUT2D eigenvalue weighted by atomic mass is 16.5. The second kappa shape index (κ2) is 8.58. The Hall–Kier alpha value is -1.73. The molecule has 7 nitrogen and oxygen atoms in total. The highest BCUT2D eigenvalue weighted by molar-refractivity contribution is 5.81. The summed E-state index contributed by atoms with van der Waals surface area (Å²) in [4.78, 5) is 17.1. The van der Waals surface area contributed by atoms with Crippen molar-refractivity contribution in [1.29, 1.82) is 0 Å². The van der Waals surface area contributed by atoms with Crippen molar-refractivity contribution in [3.8, 4) is 0 Å². The van der Waals surface area contributed by atoms with E-state index in [1.807, 2.05) is 24.0 Å². The lowest BCUT2D eigenvalue weighted by atomic mass is 9.98. The lowest BCUT2D eigenvalue weighted by Crippen LogP contribution is -2.55. The smallest absolute Gasteiger partial charge is 0.239 e. The summed E-state index contributed by atoms with van der Waals surface area (Å²) in [6, 6.07) is 3.65. The van der Waals surface area contributed by atoms with Crippen molar-refractivity contribution >= 4 is 11.7 Å². The Balaban J connectivity index is 1.49. The molecule has 3 heterocycles. The van der Waals surface area contributed by atoms with Crippen LogP contribution in [-0.4, -0.2) is 77.4 Å². The van der Waals surface area contributed by atoms with Crippen LogP contribution in [0.5, 0.6) is 0 Å². The average Bonchev–Trinajstić information content (AvgIpc) is 2.67. The fraction of sp³-hybridized carbons (Fsp3) is 0.722. The molecule has 1 amide bonds. The predicted octanol–water partition coefficient (Wildman–Crippen LogP) is 1.24. The number of morpholine rings is 1. The summed E-state index contributed by atoms with van der Waals surface area (Å²) >= 11 is 0. The number of carbonyl (C=O) groups is 1. The monoisotopic (exact) mass is 347 g/mol. The predicted molar refractivity (Wildman–Crippen MR) is 96.3 cm³/mol. The first-order valence-electron chi connectivity index (χ1n) is 9.29. The van der Waals surface area contributed by atoms with Gasteiger partial charge in [0.1, 0.15) is 5.82 Å². The molecule has 2 fully saturated rings. The van der Waals surface area contributed by atoms with Crippen LogP contribution in [0.1, 0.15) is 26.7 Å². The van der Waals surface area contributed by atoms with E-state index in [4.69, 9.17) is 4.74 Å². The molecule has 2 atom stereocenters. The molecule has 7 heteroatoms. The standard InChI is InChI=1S/C18H29N5O2/c1-14-5-8-22(9-6-14)18(24)15(2)23-10-11-25-16(13-23)12-19-17-4-3-7-20-21-17/h3-4,7,14-16H,5-6,8-13H2,1-2H3,(H,19,21)/t15-,16+/m1/s1. The van der Waals surface area contributed by atoms with Crippen molar-refractivity contribution in [3.63, 3.8) is 0 Å². The molecule has 2 saturated heterocycles. The van der Waals surface area contributed by atoms with Crippen LogP contribution in [-0.2, 0) is 9.53 Å². The lowest BCUT2D eigenvalue weighted by molar-refractivity contribution is -0.140. The van der Waals surface area contributed by atoms with E-state index in [1.54, 1.807) is 6.20 Å². The fourth-order valence-corrected chi connectivity index (χ4v) is 3.48. The summed E-state index contributed by atoms with van der Waals surface area (Å²) in [6.45, 7) is 8.96. The number of ether oxygens (including phenoxy) is 1. The Bertz CT molecular complexity index is 548. The molecule has 1 N–H and O–H groups in total. The Labute approximate surface area is 149 Å². The molecule has 2 aliphatic heterocycles. The van der Waals surface area contributed by atoms with Crippen LogP contribution >= 0.6 is 0 Å². The Morgan fingerprint density at radius 3 is 2.92 bits per heavy atom. The molecule has 0 unspecified atom stereocenters. The van der Waals surface area contributed by atoms with Crippen molar-refractivity contribution in [2.45, 2.75) is 38.8 Å². The molecule has 1 aromatic rings. The van der Waals surface area contributed by atoms with Gasteiger partial charge in [0, 0.05) is 38.9 Å². The molecule has 3 rings (SSSR count). The van der Waals surface area contributed by atoms with Gasteiger partial charge < -0.3 is 15.0 Å². The van der Waals surface area contributed by atoms with Crippen LogP contribution in [0.2, 0.25) is 0 Å². The van der Waals surface area contributed by atoms with Gasteiger partial charge in [0.05, 0.1) is 18.8 Å². The molecule has 0 radical (unpaired) electrons. The molecule has 0 spiro atoms. The summed E-state index contributed by atoms with van der Waals surface area (Å²) in [5, 5.41) is 11.1. The van der Waals surface area contributed by atoms with E-state index < -0.39 is 0 Å². The Morgan fingerprint density at radius 1 is 1.40 bits per heavy atom. The highest BCUT2D eigenvalue weighted by Crippen LogP contribution is 2.19. The summed E-state index contributed by atoms with van der Waals surface area (Å²) in [5.41, 5.74) is 0. The van der Waals surface area contributed by atoms with Crippen molar-refractivity contribution in [2.75, 3.05) is 44.6 Å². The zero-order valence-electron chi connectivity index (χ0n) is 15.2. The summed E-state index contributed by atoms with van der Waals surface area (Å²) in [5.74, 6) is 1.74. The molecule has 25 heavy (non-hydrogen) atoms. The van der Waals surface area contributed by atoms with Gasteiger partial charge >= 0.3 is 0 Å². The van der Waals surface area contributed by atoms with Crippen LogP contribution in [0.15, 0.2) is 18.3 Å². The van der Waals surface area contributed by atoms with E-state index in [-0.39, 0.29) is 18.1 Å². The number of hydrogen-bond acceptors (Lipinski definition) is 6. The minimum Gasteiger partial charge on any atom is -0.374 e. The number of amides is 1. The van der Waals surface area contributed by atoms with Crippen LogP contribution in [0, 0.1) is 5.92 Å². The minimum absolute atomic E-state index is 0.0485. The normalized spacial score (nSPS) is 24.1. The first kappa shape index (κ1) is 18.1. The van der Waals surface area contributed by atoms with E-state index >= 15 is 0 Å². The topological polar surface area (TPSA) is 70.6 Å². The first-order chi connectivity index (χ1) is 12.1. The van der Waals surface area contributed by atoms with Crippen LogP contribution in [0.25, 0.3) is 0 Å². The number of likely N-dealkylation sites (tertiary alicyclic amines) is 1. The number of anilines is 1. The second-order valence-electron chi connectivity index (χ2n) is 7.16. The number of rotatable bonds is 5. The van der Waals surface area contributed by atoms with Gasteiger partial charge in [-0.25, -0.2) is 0 Å². The molecular formula is C18H29N5O2. The van der Waals surface area contributed by atoms with E-state index in [9.17, 15) is 4.79 Å². The van der Waals surface area contributed by atoms with E-state index in [0.29, 0.717) is 13.2 Å². The molecule has 138 valence electrons. The van der Waals surface area contributed by atoms with Gasteiger partial charge in [0.2, 0.25) is 5.91 Å². The molecular weight excluding hydrogens is 318 g/mol. The summed E-state index contributed by atoms with van der Waals surface area (Å²) in [6.07, 6.45) is 3.93. The van der Waals surface area contributed by atoms with Crippen LogP contribution < -0.4 is 5.32 Å². The molecule has 1 aromatic heterocycles. The number of aromatic nitrogens is 2. The maximum atomic E-state index is 12.8. The third-order valence-corrected chi connectivity index (χ3v) is 5.25. The SMILES string of the molecule is CC1CCN(C(=O)[C@@H](C)N2CCO[C@@H](CNc3cccnn3)C2)CC1. The second-order valence-corrected chi connectivity index (χ2v) is 7.16. The maximum absolute atomic E-state index is 12.8. The van der Waals surface area contributed by atoms with E-state index in [1.165, 1.54) is 0 Å².